The molecule has 0 unspecified atom stereocenters. The molecule has 1 aromatic rings. The summed E-state index contributed by atoms with van der Waals surface area (Å²) in [7, 11) is 3.27. The number of nitro groups is 1. The summed E-state index contributed by atoms with van der Waals surface area (Å²) in [5.41, 5.74) is 0.675. The van der Waals surface area contributed by atoms with Crippen molar-refractivity contribution in [3.63, 3.8) is 0 Å². The van der Waals surface area contributed by atoms with E-state index in [1.165, 1.54) is 18.2 Å². The Morgan fingerprint density at radius 3 is 2.67 bits per heavy atom. The van der Waals surface area contributed by atoms with Crippen LogP contribution >= 0.6 is 0 Å². The van der Waals surface area contributed by atoms with Crippen molar-refractivity contribution in [3.8, 4) is 0 Å². The van der Waals surface area contributed by atoms with Gasteiger partial charge in [-0.15, -0.1) is 0 Å². The molecule has 0 saturated heterocycles. The third-order valence-electron chi connectivity index (χ3n) is 3.21. The first-order valence-corrected chi connectivity index (χ1v) is 6.83. The monoisotopic (exact) mass is 295 g/mol. The van der Waals surface area contributed by atoms with Gasteiger partial charge in [-0.2, -0.15) is 0 Å². The molecule has 7 nitrogen and oxygen atoms in total. The van der Waals surface area contributed by atoms with Gasteiger partial charge in [-0.3, -0.25) is 14.9 Å². The Morgan fingerprint density at radius 1 is 1.38 bits per heavy atom. The second kappa shape index (κ2) is 8.21. The second-order valence-corrected chi connectivity index (χ2v) is 4.75. The lowest BCUT2D eigenvalue weighted by atomic mass is 10.1. The molecule has 7 heteroatoms. The molecule has 0 heterocycles. The molecular formula is C14H21N3O4. The number of aliphatic hydroxyl groups is 1. The standard InChI is InChI=1S/C14H21N3O4/c1-15-12-10-11(6-7-13(12)17(20)21)14(19)16(2)8-4-3-5-9-18/h6-7,10,15,18H,3-5,8-9H2,1-2H3. The molecular weight excluding hydrogens is 274 g/mol. The Kier molecular flexibility index (Phi) is 6.61. The van der Waals surface area contributed by atoms with Crippen LogP contribution in [-0.2, 0) is 0 Å². The normalized spacial score (nSPS) is 10.2. The summed E-state index contributed by atoms with van der Waals surface area (Å²) in [6.07, 6.45) is 2.40. The lowest BCUT2D eigenvalue weighted by Gasteiger charge is -2.17. The maximum atomic E-state index is 12.2. The molecule has 1 amide bonds. The summed E-state index contributed by atoms with van der Waals surface area (Å²) in [5, 5.41) is 22.3. The van der Waals surface area contributed by atoms with Crippen molar-refractivity contribution in [1.82, 2.24) is 4.90 Å². The second-order valence-electron chi connectivity index (χ2n) is 4.75. The molecule has 1 rings (SSSR count). The molecule has 0 aliphatic rings. The largest absolute Gasteiger partial charge is 0.396 e. The zero-order valence-corrected chi connectivity index (χ0v) is 12.3. The van der Waals surface area contributed by atoms with Gasteiger partial charge in [0.1, 0.15) is 5.69 Å². The number of nitrogens with one attached hydrogen (secondary N) is 1. The van der Waals surface area contributed by atoms with Crippen molar-refractivity contribution in [1.29, 1.82) is 0 Å². The predicted octanol–water partition coefficient (Wildman–Crippen LogP) is 1.87. The molecule has 0 radical (unpaired) electrons. The fraction of sp³-hybridized carbons (Fsp3) is 0.500. The Balaban J connectivity index is 2.75. The fourth-order valence-electron chi connectivity index (χ4n) is 1.99. The number of hydrogen-bond donors (Lipinski definition) is 2. The van der Waals surface area contributed by atoms with Crippen LogP contribution in [0.25, 0.3) is 0 Å². The molecule has 0 aliphatic carbocycles. The average Bonchev–Trinajstić information content (AvgIpc) is 2.49. The highest BCUT2D eigenvalue weighted by molar-refractivity contribution is 5.95. The van der Waals surface area contributed by atoms with Gasteiger partial charge in [-0.05, 0) is 31.4 Å². The number of benzene rings is 1. The molecule has 0 bridgehead atoms. The Morgan fingerprint density at radius 2 is 2.10 bits per heavy atom. The lowest BCUT2D eigenvalue weighted by Crippen LogP contribution is -2.27. The van der Waals surface area contributed by atoms with E-state index in [1.54, 1.807) is 19.0 Å². The van der Waals surface area contributed by atoms with Crippen molar-refractivity contribution in [2.45, 2.75) is 19.3 Å². The summed E-state index contributed by atoms with van der Waals surface area (Å²) < 4.78 is 0. The van der Waals surface area contributed by atoms with E-state index < -0.39 is 4.92 Å². The minimum Gasteiger partial charge on any atom is -0.396 e. The molecule has 2 N–H and O–H groups in total. The summed E-state index contributed by atoms with van der Waals surface area (Å²) in [5.74, 6) is -0.176. The first-order chi connectivity index (χ1) is 10.0. The van der Waals surface area contributed by atoms with Gasteiger partial charge in [0.25, 0.3) is 11.6 Å². The Hall–Kier alpha value is -2.15. The van der Waals surface area contributed by atoms with Crippen molar-refractivity contribution in [2.75, 3.05) is 32.6 Å². The number of carbonyl (C=O) groups excluding carboxylic acids is 1. The predicted molar refractivity (Wildman–Crippen MR) is 80.5 cm³/mol. The van der Waals surface area contributed by atoms with E-state index in [0.29, 0.717) is 17.8 Å². The minimum absolute atomic E-state index is 0.0559. The maximum Gasteiger partial charge on any atom is 0.292 e. The number of amides is 1. The van der Waals surface area contributed by atoms with Crippen LogP contribution in [0.1, 0.15) is 29.6 Å². The molecule has 21 heavy (non-hydrogen) atoms. The van der Waals surface area contributed by atoms with Gasteiger partial charge in [0.15, 0.2) is 0 Å². The molecule has 0 aliphatic heterocycles. The van der Waals surface area contributed by atoms with Crippen LogP contribution in [0.15, 0.2) is 18.2 Å². The van der Waals surface area contributed by atoms with Crippen LogP contribution in [0.2, 0.25) is 0 Å². The number of hydrogen-bond acceptors (Lipinski definition) is 5. The van der Waals surface area contributed by atoms with E-state index in [1.807, 2.05) is 0 Å². The van der Waals surface area contributed by atoms with Crippen LogP contribution in [0.4, 0.5) is 11.4 Å². The van der Waals surface area contributed by atoms with Gasteiger partial charge in [0.2, 0.25) is 0 Å². The van der Waals surface area contributed by atoms with Crippen LogP contribution in [0, 0.1) is 10.1 Å². The number of carbonyl (C=O) groups is 1. The lowest BCUT2D eigenvalue weighted by molar-refractivity contribution is -0.383. The molecule has 0 aromatic heterocycles. The van der Waals surface area contributed by atoms with E-state index in [2.05, 4.69) is 5.32 Å². The van der Waals surface area contributed by atoms with E-state index in [9.17, 15) is 14.9 Å². The molecule has 0 fully saturated rings. The number of nitrogens with zero attached hydrogens (tertiary/aromatic N) is 2. The third kappa shape index (κ3) is 4.71. The molecule has 116 valence electrons. The van der Waals surface area contributed by atoms with E-state index in [4.69, 9.17) is 5.11 Å². The van der Waals surface area contributed by atoms with E-state index >= 15 is 0 Å². The number of nitro benzene ring substituents is 1. The topological polar surface area (TPSA) is 95.7 Å². The number of anilines is 1. The highest BCUT2D eigenvalue weighted by Gasteiger charge is 2.17. The molecule has 1 aromatic carbocycles. The summed E-state index contributed by atoms with van der Waals surface area (Å²) in [4.78, 5) is 24.2. The molecule has 0 atom stereocenters. The Labute approximate surface area is 123 Å². The number of rotatable bonds is 8. The van der Waals surface area contributed by atoms with Crippen molar-refractivity contribution in [2.24, 2.45) is 0 Å². The maximum absolute atomic E-state index is 12.2. The number of aliphatic hydroxyl groups excluding tert-OH is 1. The quantitative estimate of drug-likeness (QED) is 0.433. The SMILES string of the molecule is CNc1cc(C(=O)N(C)CCCCCO)ccc1[N+](=O)[O-]. The van der Waals surface area contributed by atoms with Gasteiger partial charge in [0, 0.05) is 38.9 Å². The van der Waals surface area contributed by atoms with Crippen molar-refractivity contribution in [3.05, 3.63) is 33.9 Å². The van der Waals surface area contributed by atoms with Crippen LogP contribution < -0.4 is 5.32 Å². The van der Waals surface area contributed by atoms with E-state index in [0.717, 1.165) is 19.3 Å². The number of unbranched alkanes of at least 4 members (excludes halogenated alkanes) is 2. The highest BCUT2D eigenvalue weighted by Crippen LogP contribution is 2.25. The molecule has 0 spiro atoms. The fourth-order valence-corrected chi connectivity index (χ4v) is 1.99. The van der Waals surface area contributed by atoms with Crippen molar-refractivity contribution < 1.29 is 14.8 Å². The smallest absolute Gasteiger partial charge is 0.292 e. The van der Waals surface area contributed by atoms with Crippen LogP contribution in [0.3, 0.4) is 0 Å². The summed E-state index contributed by atoms with van der Waals surface area (Å²) in [6, 6.07) is 4.29. The van der Waals surface area contributed by atoms with Gasteiger partial charge >= 0.3 is 0 Å². The molecule has 0 saturated carbocycles. The van der Waals surface area contributed by atoms with Crippen molar-refractivity contribution >= 4 is 17.3 Å². The third-order valence-corrected chi connectivity index (χ3v) is 3.21. The zero-order chi connectivity index (χ0) is 15.8. The van der Waals surface area contributed by atoms with Gasteiger partial charge < -0.3 is 15.3 Å². The summed E-state index contributed by atoms with van der Waals surface area (Å²) in [6.45, 7) is 0.746. The first-order valence-electron chi connectivity index (χ1n) is 6.83. The zero-order valence-electron chi connectivity index (χ0n) is 12.3. The van der Waals surface area contributed by atoms with Crippen LogP contribution in [-0.4, -0.2) is 48.1 Å². The summed E-state index contributed by atoms with van der Waals surface area (Å²) >= 11 is 0. The van der Waals surface area contributed by atoms with E-state index in [-0.39, 0.29) is 18.2 Å². The highest BCUT2D eigenvalue weighted by atomic mass is 16.6. The van der Waals surface area contributed by atoms with Gasteiger partial charge in [-0.1, -0.05) is 0 Å². The minimum atomic E-state index is -0.487. The average molecular weight is 295 g/mol. The first kappa shape index (κ1) is 16.9. The Bertz CT molecular complexity index is 505. The van der Waals surface area contributed by atoms with Gasteiger partial charge in [0.05, 0.1) is 4.92 Å². The van der Waals surface area contributed by atoms with Gasteiger partial charge in [-0.25, -0.2) is 0 Å². The van der Waals surface area contributed by atoms with Crippen LogP contribution in [0.5, 0.6) is 0 Å².